The lowest BCUT2D eigenvalue weighted by molar-refractivity contribution is -0.196. The van der Waals surface area contributed by atoms with Crippen LogP contribution in [-0.4, -0.2) is 25.2 Å². The molecule has 1 aromatic carbocycles. The van der Waals surface area contributed by atoms with Gasteiger partial charge in [-0.05, 0) is 24.8 Å². The summed E-state index contributed by atoms with van der Waals surface area (Å²) >= 11 is 0. The van der Waals surface area contributed by atoms with Crippen molar-refractivity contribution in [2.24, 2.45) is 5.41 Å². The summed E-state index contributed by atoms with van der Waals surface area (Å²) in [5, 5.41) is 0. The highest BCUT2D eigenvalue weighted by Gasteiger charge is 2.61. The summed E-state index contributed by atoms with van der Waals surface area (Å²) < 4.78 is 10.2. The number of esters is 2. The summed E-state index contributed by atoms with van der Waals surface area (Å²) in [5.74, 6) is -1.03. The molecule has 0 unspecified atom stereocenters. The van der Waals surface area contributed by atoms with Gasteiger partial charge in [0.2, 0.25) is 0 Å². The van der Waals surface area contributed by atoms with Crippen molar-refractivity contribution in [1.29, 1.82) is 0 Å². The van der Waals surface area contributed by atoms with E-state index in [0.29, 0.717) is 12.8 Å². The Balaban J connectivity index is 2.08. The van der Waals surface area contributed by atoms with Crippen molar-refractivity contribution in [3.05, 3.63) is 35.9 Å². The summed E-state index contributed by atoms with van der Waals surface area (Å²) in [4.78, 5) is 24.5. The van der Waals surface area contributed by atoms with Gasteiger partial charge in [-0.1, -0.05) is 30.3 Å². The van der Waals surface area contributed by atoms with Crippen molar-refractivity contribution < 1.29 is 19.1 Å². The third-order valence-corrected chi connectivity index (χ3v) is 4.34. The van der Waals surface area contributed by atoms with E-state index in [2.05, 4.69) is 0 Å². The summed E-state index contributed by atoms with van der Waals surface area (Å²) in [6, 6.07) is 9.70. The predicted molar refractivity (Wildman–Crippen MR) is 67.4 cm³/mol. The number of rotatable bonds is 2. The zero-order chi connectivity index (χ0) is 13.5. The molecule has 2 saturated heterocycles. The number of carbonyl (C=O) groups excluding carboxylic acids is 2. The summed E-state index contributed by atoms with van der Waals surface area (Å²) in [6.45, 7) is 0. The van der Waals surface area contributed by atoms with Crippen LogP contribution in [0.25, 0.3) is 0 Å². The molecule has 100 valence electrons. The fourth-order valence-electron chi connectivity index (χ4n) is 3.37. The third-order valence-electron chi connectivity index (χ3n) is 4.34. The molecule has 0 spiro atoms. The molecule has 0 amide bonds. The number of ether oxygens (including phenoxy) is 2. The molecule has 1 aliphatic carbocycles. The Hall–Kier alpha value is -1.84. The first-order valence-electron chi connectivity index (χ1n) is 6.53. The van der Waals surface area contributed by atoms with Crippen LogP contribution in [0.4, 0.5) is 0 Å². The highest BCUT2D eigenvalue weighted by Crippen LogP contribution is 2.53. The number of methoxy groups -OCH3 is 1. The van der Waals surface area contributed by atoms with Crippen LogP contribution in [0.5, 0.6) is 0 Å². The van der Waals surface area contributed by atoms with Crippen LogP contribution in [0.2, 0.25) is 0 Å². The lowest BCUT2D eigenvalue weighted by Gasteiger charge is -2.47. The molecule has 2 bridgehead atoms. The van der Waals surface area contributed by atoms with Crippen LogP contribution in [0.15, 0.2) is 30.3 Å². The molecule has 1 aromatic rings. The molecule has 4 heteroatoms. The van der Waals surface area contributed by atoms with Crippen molar-refractivity contribution in [1.82, 2.24) is 0 Å². The van der Waals surface area contributed by atoms with E-state index in [1.807, 2.05) is 30.3 Å². The third kappa shape index (κ3) is 1.66. The van der Waals surface area contributed by atoms with Gasteiger partial charge < -0.3 is 9.47 Å². The van der Waals surface area contributed by atoms with Gasteiger partial charge in [-0.2, -0.15) is 0 Å². The Kier molecular flexibility index (Phi) is 2.81. The molecule has 2 aliphatic heterocycles. The van der Waals surface area contributed by atoms with Gasteiger partial charge in [0.15, 0.2) is 5.41 Å². The van der Waals surface area contributed by atoms with Gasteiger partial charge >= 0.3 is 11.9 Å². The zero-order valence-electron chi connectivity index (χ0n) is 10.8. The lowest BCUT2D eigenvalue weighted by Crippen LogP contribution is -2.56. The molecule has 2 heterocycles. The van der Waals surface area contributed by atoms with E-state index in [0.717, 1.165) is 12.0 Å². The predicted octanol–water partition coefficient (Wildman–Crippen LogP) is 2.04. The quantitative estimate of drug-likeness (QED) is 0.603. The van der Waals surface area contributed by atoms with Gasteiger partial charge in [0, 0.05) is 5.92 Å². The van der Waals surface area contributed by atoms with Crippen LogP contribution in [-0.2, 0) is 19.1 Å². The second-order valence-electron chi connectivity index (χ2n) is 5.23. The number of benzene rings is 1. The number of carbonyl (C=O) groups is 2. The molecule has 0 aromatic heterocycles. The van der Waals surface area contributed by atoms with Crippen molar-refractivity contribution in [3.8, 4) is 0 Å². The van der Waals surface area contributed by atoms with E-state index >= 15 is 0 Å². The lowest BCUT2D eigenvalue weighted by atomic mass is 9.61. The van der Waals surface area contributed by atoms with Crippen molar-refractivity contribution in [3.63, 3.8) is 0 Å². The highest BCUT2D eigenvalue weighted by atomic mass is 16.6. The van der Waals surface area contributed by atoms with E-state index in [1.165, 1.54) is 7.11 Å². The largest absolute Gasteiger partial charge is 0.468 e. The number of hydrogen-bond donors (Lipinski definition) is 0. The normalized spacial score (nSPS) is 32.8. The van der Waals surface area contributed by atoms with E-state index in [9.17, 15) is 9.59 Å². The van der Waals surface area contributed by atoms with E-state index < -0.39 is 17.4 Å². The molecule has 4 rings (SSSR count). The zero-order valence-corrected chi connectivity index (χ0v) is 10.8. The monoisotopic (exact) mass is 260 g/mol. The first kappa shape index (κ1) is 12.2. The van der Waals surface area contributed by atoms with Crippen LogP contribution >= 0.6 is 0 Å². The Bertz CT molecular complexity index is 500. The maximum atomic E-state index is 12.2. The molecule has 3 fully saturated rings. The number of fused-ring (bicyclic) bond motifs is 3. The SMILES string of the molecule is COC(=O)[C@@]12CC[C@H](C[C@@H]1c1ccccc1)OC2=O. The Labute approximate surface area is 111 Å². The van der Waals surface area contributed by atoms with Crippen molar-refractivity contribution >= 4 is 11.9 Å². The smallest absolute Gasteiger partial charge is 0.324 e. The van der Waals surface area contributed by atoms with Crippen LogP contribution in [0, 0.1) is 5.41 Å². The number of hydrogen-bond acceptors (Lipinski definition) is 4. The molecule has 0 radical (unpaired) electrons. The molecule has 3 atom stereocenters. The summed E-state index contributed by atoms with van der Waals surface area (Å²) in [5.41, 5.74) is -0.139. The molecule has 4 nitrogen and oxygen atoms in total. The Morgan fingerprint density at radius 1 is 1.37 bits per heavy atom. The minimum atomic E-state index is -1.15. The van der Waals surface area contributed by atoms with Crippen LogP contribution < -0.4 is 0 Å². The van der Waals surface area contributed by atoms with Gasteiger partial charge in [0.05, 0.1) is 7.11 Å². The van der Waals surface area contributed by atoms with Gasteiger partial charge in [0.1, 0.15) is 6.10 Å². The average Bonchev–Trinajstić information content (AvgIpc) is 2.47. The van der Waals surface area contributed by atoms with Crippen molar-refractivity contribution in [2.75, 3.05) is 7.11 Å². The van der Waals surface area contributed by atoms with Crippen LogP contribution in [0.3, 0.4) is 0 Å². The summed E-state index contributed by atoms with van der Waals surface area (Å²) in [6.07, 6.45) is 1.89. The van der Waals surface area contributed by atoms with Gasteiger partial charge in [-0.25, -0.2) is 0 Å². The molecule has 1 saturated carbocycles. The highest BCUT2D eigenvalue weighted by molar-refractivity contribution is 6.02. The minimum absolute atomic E-state index is 0.0655. The molecule has 19 heavy (non-hydrogen) atoms. The summed E-state index contributed by atoms with van der Waals surface area (Å²) in [7, 11) is 1.33. The fraction of sp³-hybridized carbons (Fsp3) is 0.467. The Morgan fingerprint density at radius 3 is 2.74 bits per heavy atom. The topological polar surface area (TPSA) is 52.6 Å². The first-order chi connectivity index (χ1) is 9.18. The second-order valence-corrected chi connectivity index (χ2v) is 5.23. The molecule has 0 N–H and O–H groups in total. The maximum absolute atomic E-state index is 12.2. The molecular weight excluding hydrogens is 244 g/mol. The van der Waals surface area contributed by atoms with Gasteiger partial charge in [0.25, 0.3) is 0 Å². The minimum Gasteiger partial charge on any atom is -0.468 e. The van der Waals surface area contributed by atoms with E-state index in [1.54, 1.807) is 0 Å². The van der Waals surface area contributed by atoms with Crippen molar-refractivity contribution in [2.45, 2.75) is 31.3 Å². The second kappa shape index (κ2) is 4.37. The molecule has 3 aliphatic rings. The van der Waals surface area contributed by atoms with E-state index in [-0.39, 0.29) is 12.0 Å². The van der Waals surface area contributed by atoms with E-state index in [4.69, 9.17) is 9.47 Å². The maximum Gasteiger partial charge on any atom is 0.324 e. The molecular formula is C15H16O4. The first-order valence-corrected chi connectivity index (χ1v) is 6.53. The average molecular weight is 260 g/mol. The standard InChI is InChI=1S/C15H16O4/c1-18-13(16)15-8-7-11(19-14(15)17)9-12(15)10-5-3-2-4-6-10/h2-6,11-12H,7-9H2,1H3/t11-,12-,15-/m1/s1. The fourth-order valence-corrected chi connectivity index (χ4v) is 3.37. The van der Waals surface area contributed by atoms with Gasteiger partial charge in [-0.3, -0.25) is 9.59 Å². The van der Waals surface area contributed by atoms with Crippen LogP contribution in [0.1, 0.15) is 30.7 Å². The Morgan fingerprint density at radius 2 is 2.11 bits per heavy atom. The van der Waals surface area contributed by atoms with Gasteiger partial charge in [-0.15, -0.1) is 0 Å².